The molecular weight excluding hydrogens is 340 g/mol. The van der Waals surface area contributed by atoms with Crippen LogP contribution in [0.25, 0.3) is 0 Å². The quantitative estimate of drug-likeness (QED) is 0.755. The molecule has 138 valence electrons. The summed E-state index contributed by atoms with van der Waals surface area (Å²) in [7, 11) is 0. The summed E-state index contributed by atoms with van der Waals surface area (Å²) in [6, 6.07) is 15.1. The molecule has 4 rings (SSSR count). The first-order valence-electron chi connectivity index (χ1n) is 9.09. The highest BCUT2D eigenvalue weighted by molar-refractivity contribution is 6.04. The van der Waals surface area contributed by atoms with Crippen LogP contribution in [0.5, 0.6) is 0 Å². The number of aromatic nitrogens is 1. The number of furan rings is 1. The lowest BCUT2D eigenvalue weighted by Crippen LogP contribution is -2.46. The fraction of sp³-hybridized carbons (Fsp3) is 0.238. The lowest BCUT2D eigenvalue weighted by atomic mass is 10.2. The molecule has 3 aromatic rings. The average molecular weight is 362 g/mol. The predicted molar refractivity (Wildman–Crippen MR) is 105 cm³/mol. The number of carbonyl (C=O) groups excluding carboxylic acids is 1. The molecule has 0 saturated carbocycles. The van der Waals surface area contributed by atoms with Gasteiger partial charge in [-0.05, 0) is 30.3 Å². The number of benzene rings is 1. The summed E-state index contributed by atoms with van der Waals surface area (Å²) in [5, 5.41) is 2.88. The smallest absolute Gasteiger partial charge is 0.255 e. The minimum Gasteiger partial charge on any atom is -0.472 e. The molecule has 0 bridgehead atoms. The van der Waals surface area contributed by atoms with E-state index in [0.29, 0.717) is 11.3 Å². The molecule has 0 spiro atoms. The summed E-state index contributed by atoms with van der Waals surface area (Å²) in [5.41, 5.74) is 2.54. The van der Waals surface area contributed by atoms with Gasteiger partial charge in [-0.15, -0.1) is 0 Å². The van der Waals surface area contributed by atoms with E-state index in [9.17, 15) is 4.79 Å². The van der Waals surface area contributed by atoms with Gasteiger partial charge < -0.3 is 14.6 Å². The number of carbonyl (C=O) groups is 1. The molecule has 1 amide bonds. The molecule has 27 heavy (non-hydrogen) atoms. The van der Waals surface area contributed by atoms with Crippen molar-refractivity contribution in [2.24, 2.45) is 0 Å². The molecule has 1 N–H and O–H groups in total. The van der Waals surface area contributed by atoms with Gasteiger partial charge in [0.15, 0.2) is 0 Å². The Morgan fingerprint density at radius 3 is 2.52 bits per heavy atom. The first-order valence-corrected chi connectivity index (χ1v) is 9.09. The second kappa shape index (κ2) is 8.05. The molecule has 0 aliphatic carbocycles. The summed E-state index contributed by atoms with van der Waals surface area (Å²) in [6.45, 7) is 4.75. The van der Waals surface area contributed by atoms with Gasteiger partial charge in [0.05, 0.1) is 24.4 Å². The molecule has 1 saturated heterocycles. The first kappa shape index (κ1) is 17.3. The van der Waals surface area contributed by atoms with Gasteiger partial charge in [0, 0.05) is 43.9 Å². The van der Waals surface area contributed by atoms with E-state index in [0.717, 1.165) is 38.5 Å². The summed E-state index contributed by atoms with van der Waals surface area (Å²) in [6.07, 6.45) is 5.23. The maximum Gasteiger partial charge on any atom is 0.255 e. The zero-order chi connectivity index (χ0) is 18.5. The molecule has 1 aliphatic rings. The fourth-order valence-electron chi connectivity index (χ4n) is 3.22. The van der Waals surface area contributed by atoms with E-state index < -0.39 is 0 Å². The molecule has 6 nitrogen and oxygen atoms in total. The van der Waals surface area contributed by atoms with Crippen molar-refractivity contribution < 1.29 is 9.21 Å². The largest absolute Gasteiger partial charge is 0.472 e. The predicted octanol–water partition coefficient (Wildman–Crippen LogP) is 3.25. The number of anilines is 2. The van der Waals surface area contributed by atoms with Crippen molar-refractivity contribution in [2.45, 2.75) is 6.54 Å². The van der Waals surface area contributed by atoms with Crippen molar-refractivity contribution in [3.63, 3.8) is 0 Å². The summed E-state index contributed by atoms with van der Waals surface area (Å²) in [4.78, 5) is 21.4. The van der Waals surface area contributed by atoms with Crippen LogP contribution in [0, 0.1) is 0 Å². The fourth-order valence-corrected chi connectivity index (χ4v) is 3.22. The summed E-state index contributed by atoms with van der Waals surface area (Å²) < 4.78 is 5.14. The van der Waals surface area contributed by atoms with Crippen LogP contribution in [0.15, 0.2) is 71.7 Å². The van der Waals surface area contributed by atoms with Gasteiger partial charge >= 0.3 is 0 Å². The lowest BCUT2D eigenvalue weighted by molar-refractivity contribution is 0.102. The number of hydrogen-bond donors (Lipinski definition) is 1. The Kier molecular flexibility index (Phi) is 5.16. The molecule has 2 aromatic heterocycles. The zero-order valence-corrected chi connectivity index (χ0v) is 15.0. The Labute approximate surface area is 158 Å². The molecule has 0 atom stereocenters. The van der Waals surface area contributed by atoms with Crippen LogP contribution in [0.1, 0.15) is 15.9 Å². The lowest BCUT2D eigenvalue weighted by Gasteiger charge is -2.35. The van der Waals surface area contributed by atoms with Crippen LogP contribution in [0.2, 0.25) is 0 Å². The Hall–Kier alpha value is -3.12. The molecule has 0 radical (unpaired) electrons. The Balaban J connectivity index is 1.31. The molecule has 1 fully saturated rings. The average Bonchev–Trinajstić information content (AvgIpc) is 3.23. The highest BCUT2D eigenvalue weighted by atomic mass is 16.3. The van der Waals surface area contributed by atoms with Crippen molar-refractivity contribution in [3.8, 4) is 0 Å². The van der Waals surface area contributed by atoms with E-state index in [-0.39, 0.29) is 5.91 Å². The van der Waals surface area contributed by atoms with Crippen LogP contribution in [0.4, 0.5) is 11.5 Å². The highest BCUT2D eigenvalue weighted by Crippen LogP contribution is 2.18. The maximum atomic E-state index is 12.2. The third kappa shape index (κ3) is 4.35. The van der Waals surface area contributed by atoms with E-state index in [1.54, 1.807) is 30.9 Å². The number of rotatable bonds is 5. The van der Waals surface area contributed by atoms with E-state index in [4.69, 9.17) is 4.42 Å². The minimum atomic E-state index is -0.127. The van der Waals surface area contributed by atoms with Gasteiger partial charge in [-0.3, -0.25) is 9.69 Å². The van der Waals surface area contributed by atoms with Crippen LogP contribution in [0.3, 0.4) is 0 Å². The van der Waals surface area contributed by atoms with Gasteiger partial charge in [0.1, 0.15) is 5.82 Å². The Bertz CT molecular complexity index is 855. The van der Waals surface area contributed by atoms with Crippen molar-refractivity contribution >= 4 is 17.4 Å². The van der Waals surface area contributed by atoms with Gasteiger partial charge in [0.2, 0.25) is 0 Å². The topological polar surface area (TPSA) is 61.6 Å². The SMILES string of the molecule is O=C(Nc1ccc(N2CCN(Cc3ccoc3)CC2)nc1)c1ccccc1. The normalized spacial score (nSPS) is 14.9. The number of nitrogens with one attached hydrogen (secondary N) is 1. The molecule has 0 unspecified atom stereocenters. The van der Waals surface area contributed by atoms with Gasteiger partial charge in [-0.1, -0.05) is 18.2 Å². The minimum absolute atomic E-state index is 0.127. The molecule has 1 aliphatic heterocycles. The van der Waals surface area contributed by atoms with Crippen LogP contribution in [-0.2, 0) is 6.54 Å². The Morgan fingerprint density at radius 1 is 1.04 bits per heavy atom. The zero-order valence-electron chi connectivity index (χ0n) is 15.0. The van der Waals surface area contributed by atoms with Gasteiger partial charge in [-0.25, -0.2) is 4.98 Å². The third-order valence-corrected chi connectivity index (χ3v) is 4.72. The highest BCUT2D eigenvalue weighted by Gasteiger charge is 2.18. The van der Waals surface area contributed by atoms with E-state index in [1.165, 1.54) is 5.56 Å². The second-order valence-corrected chi connectivity index (χ2v) is 6.62. The van der Waals surface area contributed by atoms with Crippen molar-refractivity contribution in [1.82, 2.24) is 9.88 Å². The molecule has 6 heteroatoms. The number of piperazine rings is 1. The molecular formula is C21H22N4O2. The Morgan fingerprint density at radius 2 is 1.85 bits per heavy atom. The van der Waals surface area contributed by atoms with E-state index >= 15 is 0 Å². The summed E-state index contributed by atoms with van der Waals surface area (Å²) in [5.74, 6) is 0.814. The van der Waals surface area contributed by atoms with Crippen LogP contribution in [-0.4, -0.2) is 42.0 Å². The van der Waals surface area contributed by atoms with Crippen molar-refractivity contribution in [3.05, 3.63) is 78.4 Å². The monoisotopic (exact) mass is 362 g/mol. The number of hydrogen-bond acceptors (Lipinski definition) is 5. The molecule has 1 aromatic carbocycles. The van der Waals surface area contributed by atoms with Gasteiger partial charge in [-0.2, -0.15) is 0 Å². The number of amides is 1. The van der Waals surface area contributed by atoms with Crippen LogP contribution >= 0.6 is 0 Å². The van der Waals surface area contributed by atoms with Crippen molar-refractivity contribution in [1.29, 1.82) is 0 Å². The van der Waals surface area contributed by atoms with Crippen molar-refractivity contribution in [2.75, 3.05) is 36.4 Å². The van der Waals surface area contributed by atoms with Crippen LogP contribution < -0.4 is 10.2 Å². The second-order valence-electron chi connectivity index (χ2n) is 6.62. The maximum absolute atomic E-state index is 12.2. The van der Waals surface area contributed by atoms with E-state index in [2.05, 4.69) is 20.1 Å². The molecule has 3 heterocycles. The standard InChI is InChI=1S/C21H22N4O2/c26-21(18-4-2-1-3-5-18)23-19-6-7-20(22-14-19)25-11-9-24(10-12-25)15-17-8-13-27-16-17/h1-8,13-14,16H,9-12,15H2,(H,23,26). The number of pyridine rings is 1. The van der Waals surface area contributed by atoms with E-state index in [1.807, 2.05) is 36.4 Å². The third-order valence-electron chi connectivity index (χ3n) is 4.72. The summed E-state index contributed by atoms with van der Waals surface area (Å²) >= 11 is 0. The van der Waals surface area contributed by atoms with Gasteiger partial charge in [0.25, 0.3) is 5.91 Å². The number of nitrogens with zero attached hydrogens (tertiary/aromatic N) is 3. The first-order chi connectivity index (χ1) is 13.3.